The van der Waals surface area contributed by atoms with Gasteiger partial charge in [0.2, 0.25) is 0 Å². The van der Waals surface area contributed by atoms with Crippen LogP contribution in [0.3, 0.4) is 0 Å². The third-order valence-corrected chi connectivity index (χ3v) is 5.31. The lowest BCUT2D eigenvalue weighted by Crippen LogP contribution is -1.98. The maximum Gasteiger partial charge on any atom is 0.123 e. The SMILES string of the molecule is CCCCc1cc2c3ccc(F)cc3c(Br)c(-c3ccccc3)n2n1. The predicted octanol–water partition coefficient (Wildman–Crippen LogP) is 6.40. The highest BCUT2D eigenvalue weighted by Crippen LogP contribution is 2.37. The third kappa shape index (κ3) is 2.85. The molecule has 0 radical (unpaired) electrons. The Kier molecular flexibility index (Phi) is 4.30. The maximum absolute atomic E-state index is 13.9. The van der Waals surface area contributed by atoms with E-state index < -0.39 is 0 Å². The maximum atomic E-state index is 13.9. The molecule has 0 aliphatic rings. The van der Waals surface area contributed by atoms with E-state index in [4.69, 9.17) is 5.10 Å². The van der Waals surface area contributed by atoms with Gasteiger partial charge >= 0.3 is 0 Å². The molecule has 4 heteroatoms. The highest BCUT2D eigenvalue weighted by atomic mass is 79.9. The second kappa shape index (κ2) is 6.60. The van der Waals surface area contributed by atoms with Gasteiger partial charge in [0, 0.05) is 16.3 Å². The second-order valence-corrected chi connectivity index (χ2v) is 7.05. The molecule has 0 amide bonds. The summed E-state index contributed by atoms with van der Waals surface area (Å²) in [6.07, 6.45) is 3.19. The first-order chi connectivity index (χ1) is 12.2. The van der Waals surface area contributed by atoms with Crippen molar-refractivity contribution >= 4 is 32.2 Å². The lowest BCUT2D eigenvalue weighted by molar-refractivity contribution is 0.629. The lowest BCUT2D eigenvalue weighted by Gasteiger charge is -2.12. The Hall–Kier alpha value is -2.20. The number of hydrogen-bond acceptors (Lipinski definition) is 1. The molecule has 25 heavy (non-hydrogen) atoms. The van der Waals surface area contributed by atoms with Crippen molar-refractivity contribution in [1.82, 2.24) is 9.61 Å². The van der Waals surface area contributed by atoms with Crippen LogP contribution in [0.1, 0.15) is 25.5 Å². The quantitative estimate of drug-likeness (QED) is 0.390. The summed E-state index contributed by atoms with van der Waals surface area (Å²) in [5.41, 5.74) is 4.10. The highest BCUT2D eigenvalue weighted by Gasteiger charge is 2.17. The van der Waals surface area contributed by atoms with Crippen LogP contribution in [0, 0.1) is 5.82 Å². The molecule has 2 heterocycles. The molecule has 0 N–H and O–H groups in total. The molecule has 4 aromatic rings. The predicted molar refractivity (Wildman–Crippen MR) is 104 cm³/mol. The fourth-order valence-electron chi connectivity index (χ4n) is 3.26. The number of nitrogens with zero attached hydrogens (tertiary/aromatic N) is 2. The van der Waals surface area contributed by atoms with Crippen molar-refractivity contribution in [2.24, 2.45) is 0 Å². The fourth-order valence-corrected chi connectivity index (χ4v) is 3.98. The first-order valence-electron chi connectivity index (χ1n) is 8.54. The Morgan fingerprint density at radius 2 is 1.84 bits per heavy atom. The summed E-state index contributed by atoms with van der Waals surface area (Å²) in [5.74, 6) is -0.234. The van der Waals surface area contributed by atoms with Crippen molar-refractivity contribution in [3.05, 3.63) is 70.6 Å². The van der Waals surface area contributed by atoms with E-state index in [2.05, 4.69) is 41.1 Å². The largest absolute Gasteiger partial charge is 0.231 e. The molecular weight excluding hydrogens is 379 g/mol. The number of hydrogen-bond donors (Lipinski definition) is 0. The van der Waals surface area contributed by atoms with Crippen LogP contribution in [-0.2, 0) is 6.42 Å². The molecule has 0 fully saturated rings. The smallest absolute Gasteiger partial charge is 0.123 e. The second-order valence-electron chi connectivity index (χ2n) is 6.25. The average molecular weight is 397 g/mol. The number of pyridine rings is 1. The molecule has 2 nitrogen and oxygen atoms in total. The summed E-state index contributed by atoms with van der Waals surface area (Å²) < 4.78 is 16.7. The number of benzene rings is 2. The number of halogens is 2. The molecule has 2 aromatic carbocycles. The molecule has 4 rings (SSSR count). The van der Waals surface area contributed by atoms with Gasteiger partial charge in [0.25, 0.3) is 0 Å². The molecule has 0 spiro atoms. The zero-order valence-electron chi connectivity index (χ0n) is 14.0. The Bertz CT molecular complexity index is 1050. The van der Waals surface area contributed by atoms with E-state index in [-0.39, 0.29) is 5.82 Å². The normalized spacial score (nSPS) is 11.5. The van der Waals surface area contributed by atoms with Crippen molar-refractivity contribution < 1.29 is 4.39 Å². The number of unbranched alkanes of at least 4 members (excludes halogenated alkanes) is 1. The van der Waals surface area contributed by atoms with Crippen LogP contribution in [0.15, 0.2) is 59.1 Å². The van der Waals surface area contributed by atoms with Crippen molar-refractivity contribution in [3.8, 4) is 11.3 Å². The molecule has 0 saturated carbocycles. The molecule has 0 unspecified atom stereocenters. The lowest BCUT2D eigenvalue weighted by atomic mass is 10.1. The van der Waals surface area contributed by atoms with Gasteiger partial charge in [-0.3, -0.25) is 0 Å². The van der Waals surface area contributed by atoms with Gasteiger partial charge in [-0.2, -0.15) is 5.10 Å². The van der Waals surface area contributed by atoms with Crippen molar-refractivity contribution in [2.75, 3.05) is 0 Å². The summed E-state index contributed by atoms with van der Waals surface area (Å²) in [7, 11) is 0. The summed E-state index contributed by atoms with van der Waals surface area (Å²) in [6, 6.07) is 17.2. The molecule has 0 atom stereocenters. The first kappa shape index (κ1) is 16.3. The van der Waals surface area contributed by atoms with Crippen molar-refractivity contribution in [1.29, 1.82) is 0 Å². The standard InChI is InChI=1S/C21H18BrFN2/c1-2-3-9-16-13-19-17-11-10-15(23)12-18(17)20(22)21(25(19)24-16)14-7-5-4-6-8-14/h4-8,10-13H,2-3,9H2,1H3. The van der Waals surface area contributed by atoms with Crippen molar-refractivity contribution in [3.63, 3.8) is 0 Å². The third-order valence-electron chi connectivity index (χ3n) is 4.51. The van der Waals surface area contributed by atoms with Crippen LogP contribution in [0.25, 0.3) is 27.5 Å². The minimum absolute atomic E-state index is 0.234. The van der Waals surface area contributed by atoms with E-state index in [1.54, 1.807) is 6.07 Å². The molecule has 0 bridgehead atoms. The number of rotatable bonds is 4. The van der Waals surface area contributed by atoms with Gasteiger partial charge in [0.1, 0.15) is 5.82 Å². The average Bonchev–Trinajstić information content (AvgIpc) is 3.05. The summed E-state index contributed by atoms with van der Waals surface area (Å²) in [5, 5.41) is 6.72. The van der Waals surface area contributed by atoms with Crippen LogP contribution in [0.5, 0.6) is 0 Å². The van der Waals surface area contributed by atoms with Crippen LogP contribution in [-0.4, -0.2) is 9.61 Å². The van der Waals surface area contributed by atoms with E-state index in [0.717, 1.165) is 57.0 Å². The van der Waals surface area contributed by atoms with Gasteiger partial charge in [0.15, 0.2) is 0 Å². The molecular formula is C21H18BrFN2. The van der Waals surface area contributed by atoms with E-state index in [1.165, 1.54) is 6.07 Å². The topological polar surface area (TPSA) is 17.3 Å². The first-order valence-corrected chi connectivity index (χ1v) is 9.33. The van der Waals surface area contributed by atoms with Crippen LogP contribution in [0.2, 0.25) is 0 Å². The summed E-state index contributed by atoms with van der Waals surface area (Å²) >= 11 is 3.71. The Morgan fingerprint density at radius 1 is 1.04 bits per heavy atom. The van der Waals surface area contributed by atoms with Gasteiger partial charge in [-0.05, 0) is 53.0 Å². The molecule has 0 aliphatic heterocycles. The monoisotopic (exact) mass is 396 g/mol. The zero-order valence-corrected chi connectivity index (χ0v) is 15.6. The molecule has 126 valence electrons. The van der Waals surface area contributed by atoms with E-state index in [9.17, 15) is 4.39 Å². The number of aromatic nitrogens is 2. The minimum atomic E-state index is -0.234. The molecule has 0 saturated heterocycles. The summed E-state index contributed by atoms with van der Waals surface area (Å²) in [4.78, 5) is 0. The Labute approximate surface area is 154 Å². The van der Waals surface area contributed by atoms with E-state index >= 15 is 0 Å². The number of aryl methyl sites for hydroxylation is 1. The van der Waals surface area contributed by atoms with E-state index in [1.807, 2.05) is 28.8 Å². The Balaban J connectivity index is 2.09. The van der Waals surface area contributed by atoms with Crippen LogP contribution in [0.4, 0.5) is 4.39 Å². The van der Waals surface area contributed by atoms with Gasteiger partial charge in [-0.15, -0.1) is 0 Å². The zero-order chi connectivity index (χ0) is 17.4. The van der Waals surface area contributed by atoms with Crippen LogP contribution >= 0.6 is 15.9 Å². The van der Waals surface area contributed by atoms with Crippen molar-refractivity contribution in [2.45, 2.75) is 26.2 Å². The molecule has 0 aliphatic carbocycles. The van der Waals surface area contributed by atoms with Gasteiger partial charge in [-0.1, -0.05) is 43.7 Å². The molecule has 2 aromatic heterocycles. The fraction of sp³-hybridized carbons (Fsp3) is 0.190. The van der Waals surface area contributed by atoms with Gasteiger partial charge in [0.05, 0.1) is 21.4 Å². The highest BCUT2D eigenvalue weighted by molar-refractivity contribution is 9.10. The minimum Gasteiger partial charge on any atom is -0.231 e. The van der Waals surface area contributed by atoms with E-state index in [0.29, 0.717) is 0 Å². The summed E-state index contributed by atoms with van der Waals surface area (Å²) in [6.45, 7) is 2.18. The number of fused-ring (bicyclic) bond motifs is 3. The Morgan fingerprint density at radius 3 is 2.60 bits per heavy atom. The van der Waals surface area contributed by atoms with Gasteiger partial charge in [-0.25, -0.2) is 8.91 Å². The van der Waals surface area contributed by atoms with Crippen LogP contribution < -0.4 is 0 Å². The van der Waals surface area contributed by atoms with Gasteiger partial charge < -0.3 is 0 Å².